The molecule has 0 amide bonds. The van der Waals surface area contributed by atoms with Crippen LogP contribution in [0.25, 0.3) is 0 Å². The highest BCUT2D eigenvalue weighted by molar-refractivity contribution is 6.30. The van der Waals surface area contributed by atoms with E-state index in [-0.39, 0.29) is 5.60 Å². The summed E-state index contributed by atoms with van der Waals surface area (Å²) >= 11 is 5.92. The molecule has 1 aliphatic rings. The second kappa shape index (κ2) is 9.25. The molecule has 1 saturated heterocycles. The molecule has 1 fully saturated rings. The van der Waals surface area contributed by atoms with Crippen LogP contribution in [0.4, 0.5) is 0 Å². The van der Waals surface area contributed by atoms with Gasteiger partial charge < -0.3 is 19.9 Å². The normalized spacial score (nSPS) is 16.6. The SMILES string of the molecule is CC(C)(C)OC=O.COc1cc(Cl)ccc1CC1(O)CCNCC1. The first-order valence-electron chi connectivity index (χ1n) is 8.06. The van der Waals surface area contributed by atoms with Crippen LogP contribution in [0.5, 0.6) is 5.75 Å². The van der Waals surface area contributed by atoms with Crippen molar-refractivity contribution < 1.29 is 19.4 Å². The number of nitrogens with one attached hydrogen (secondary N) is 1. The van der Waals surface area contributed by atoms with Gasteiger partial charge in [0.05, 0.1) is 12.7 Å². The van der Waals surface area contributed by atoms with Gasteiger partial charge in [-0.2, -0.15) is 0 Å². The smallest absolute Gasteiger partial charge is 0.293 e. The van der Waals surface area contributed by atoms with Crippen molar-refractivity contribution in [2.24, 2.45) is 0 Å². The summed E-state index contributed by atoms with van der Waals surface area (Å²) < 4.78 is 9.85. The lowest BCUT2D eigenvalue weighted by Gasteiger charge is -2.33. The Bertz CT molecular complexity index is 522. The summed E-state index contributed by atoms with van der Waals surface area (Å²) in [5.41, 5.74) is 0.0787. The van der Waals surface area contributed by atoms with Crippen LogP contribution >= 0.6 is 11.6 Å². The molecule has 5 nitrogen and oxygen atoms in total. The molecule has 6 heteroatoms. The van der Waals surface area contributed by atoms with E-state index in [9.17, 15) is 9.90 Å². The zero-order chi connectivity index (χ0) is 18.2. The molecule has 1 aromatic carbocycles. The summed E-state index contributed by atoms with van der Waals surface area (Å²) in [5.74, 6) is 0.754. The van der Waals surface area contributed by atoms with Crippen LogP contribution < -0.4 is 10.1 Å². The number of carbonyl (C=O) groups excluding carboxylic acids is 1. The maximum Gasteiger partial charge on any atom is 0.293 e. The van der Waals surface area contributed by atoms with Crippen molar-refractivity contribution in [2.75, 3.05) is 20.2 Å². The molecule has 1 heterocycles. The Hall–Kier alpha value is -1.30. The number of piperidine rings is 1. The van der Waals surface area contributed by atoms with E-state index in [1.54, 1.807) is 13.2 Å². The minimum Gasteiger partial charge on any atom is -0.496 e. The molecular formula is C18H28ClNO4. The van der Waals surface area contributed by atoms with E-state index < -0.39 is 5.60 Å². The number of rotatable bonds is 4. The maximum absolute atomic E-state index is 10.5. The van der Waals surface area contributed by atoms with Crippen LogP contribution in [0.15, 0.2) is 18.2 Å². The molecule has 0 radical (unpaired) electrons. The molecule has 0 bridgehead atoms. The fourth-order valence-corrected chi connectivity index (χ4v) is 2.59. The Morgan fingerprint density at radius 2 is 1.96 bits per heavy atom. The van der Waals surface area contributed by atoms with Gasteiger partial charge in [0, 0.05) is 11.4 Å². The lowest BCUT2D eigenvalue weighted by Crippen LogP contribution is -2.43. The van der Waals surface area contributed by atoms with Crippen molar-refractivity contribution in [2.45, 2.75) is 51.2 Å². The monoisotopic (exact) mass is 357 g/mol. The molecule has 0 aliphatic carbocycles. The van der Waals surface area contributed by atoms with Crippen molar-refractivity contribution in [3.63, 3.8) is 0 Å². The third-order valence-corrected chi connectivity index (χ3v) is 3.94. The first-order valence-corrected chi connectivity index (χ1v) is 8.44. The Balaban J connectivity index is 0.000000351. The predicted molar refractivity (Wildman–Crippen MR) is 95.7 cm³/mol. The van der Waals surface area contributed by atoms with E-state index in [0.717, 1.165) is 37.2 Å². The lowest BCUT2D eigenvalue weighted by atomic mass is 9.86. The summed E-state index contributed by atoms with van der Waals surface area (Å²) in [6.45, 7) is 7.66. The van der Waals surface area contributed by atoms with Crippen LogP contribution in [0, 0.1) is 0 Å². The van der Waals surface area contributed by atoms with Crippen LogP contribution in [-0.4, -0.2) is 43.0 Å². The number of ether oxygens (including phenoxy) is 2. The molecule has 136 valence electrons. The molecule has 0 spiro atoms. The minimum absolute atomic E-state index is 0.318. The number of hydrogen-bond donors (Lipinski definition) is 2. The summed E-state index contributed by atoms with van der Waals surface area (Å²) in [5, 5.41) is 14.4. The molecule has 2 N–H and O–H groups in total. The Labute approximate surface area is 149 Å². The molecular weight excluding hydrogens is 330 g/mol. The number of aliphatic hydroxyl groups is 1. The molecule has 2 rings (SSSR count). The largest absolute Gasteiger partial charge is 0.496 e. The Kier molecular flexibility index (Phi) is 8.00. The molecule has 1 aliphatic heterocycles. The van der Waals surface area contributed by atoms with Crippen LogP contribution in [0.3, 0.4) is 0 Å². The Morgan fingerprint density at radius 1 is 1.33 bits per heavy atom. The van der Waals surface area contributed by atoms with Gasteiger partial charge in [-0.15, -0.1) is 0 Å². The first-order chi connectivity index (χ1) is 11.2. The van der Waals surface area contributed by atoms with Gasteiger partial charge in [0.25, 0.3) is 6.47 Å². The van der Waals surface area contributed by atoms with Crippen molar-refractivity contribution in [3.8, 4) is 5.75 Å². The van der Waals surface area contributed by atoms with E-state index in [1.807, 2.05) is 32.9 Å². The zero-order valence-electron chi connectivity index (χ0n) is 14.9. The molecule has 0 saturated carbocycles. The van der Waals surface area contributed by atoms with Gasteiger partial charge in [-0.05, 0) is 64.4 Å². The third-order valence-electron chi connectivity index (χ3n) is 3.70. The average molecular weight is 358 g/mol. The highest BCUT2D eigenvalue weighted by Crippen LogP contribution is 2.30. The van der Waals surface area contributed by atoms with Crippen LogP contribution in [0.1, 0.15) is 39.2 Å². The van der Waals surface area contributed by atoms with Crippen molar-refractivity contribution in [1.29, 1.82) is 0 Å². The molecule has 0 atom stereocenters. The van der Waals surface area contributed by atoms with Gasteiger partial charge in [0.1, 0.15) is 11.4 Å². The van der Waals surface area contributed by atoms with Gasteiger partial charge in [0.15, 0.2) is 0 Å². The second-order valence-corrected chi connectivity index (χ2v) is 7.37. The molecule has 24 heavy (non-hydrogen) atoms. The van der Waals surface area contributed by atoms with E-state index in [1.165, 1.54) is 0 Å². The number of methoxy groups -OCH3 is 1. The molecule has 0 unspecified atom stereocenters. The Morgan fingerprint density at radius 3 is 2.42 bits per heavy atom. The second-order valence-electron chi connectivity index (χ2n) is 6.93. The van der Waals surface area contributed by atoms with Gasteiger partial charge in [0.2, 0.25) is 0 Å². The minimum atomic E-state index is -0.619. The van der Waals surface area contributed by atoms with Crippen LogP contribution in [0.2, 0.25) is 5.02 Å². The first kappa shape index (κ1) is 20.7. The fourth-order valence-electron chi connectivity index (χ4n) is 2.43. The van der Waals surface area contributed by atoms with E-state index >= 15 is 0 Å². The predicted octanol–water partition coefficient (Wildman–Crippen LogP) is 2.96. The third kappa shape index (κ3) is 7.51. The van der Waals surface area contributed by atoms with Crippen molar-refractivity contribution in [1.82, 2.24) is 5.32 Å². The average Bonchev–Trinajstić information content (AvgIpc) is 2.49. The van der Waals surface area contributed by atoms with E-state index in [0.29, 0.717) is 17.9 Å². The van der Waals surface area contributed by atoms with Crippen LogP contribution in [-0.2, 0) is 16.0 Å². The van der Waals surface area contributed by atoms with Crippen molar-refractivity contribution >= 4 is 18.1 Å². The summed E-state index contributed by atoms with van der Waals surface area (Å²) in [6, 6.07) is 5.56. The zero-order valence-corrected chi connectivity index (χ0v) is 15.7. The number of halogens is 1. The van der Waals surface area contributed by atoms with Crippen molar-refractivity contribution in [3.05, 3.63) is 28.8 Å². The summed E-state index contributed by atoms with van der Waals surface area (Å²) in [4.78, 5) is 9.60. The fraction of sp³-hybridized carbons (Fsp3) is 0.611. The topological polar surface area (TPSA) is 67.8 Å². The van der Waals surface area contributed by atoms with Gasteiger partial charge in [-0.3, -0.25) is 4.79 Å². The molecule has 0 aromatic heterocycles. The van der Waals surface area contributed by atoms with E-state index in [2.05, 4.69) is 10.1 Å². The lowest BCUT2D eigenvalue weighted by molar-refractivity contribution is -0.138. The van der Waals surface area contributed by atoms with Gasteiger partial charge in [-0.1, -0.05) is 17.7 Å². The maximum atomic E-state index is 10.5. The van der Waals surface area contributed by atoms with Gasteiger partial charge in [-0.25, -0.2) is 0 Å². The summed E-state index contributed by atoms with van der Waals surface area (Å²) in [6.07, 6.45) is 2.17. The number of carbonyl (C=O) groups is 1. The standard InChI is InChI=1S/C13H18ClNO2.C5H10O2/c1-17-12-8-11(14)3-2-10(12)9-13(16)4-6-15-7-5-13;1-5(2,3)7-4-6/h2-3,8,15-16H,4-7,9H2,1H3;4H,1-3H3. The molecule has 1 aromatic rings. The van der Waals surface area contributed by atoms with Gasteiger partial charge >= 0.3 is 0 Å². The highest BCUT2D eigenvalue weighted by Gasteiger charge is 2.30. The van der Waals surface area contributed by atoms with E-state index in [4.69, 9.17) is 16.3 Å². The number of hydrogen-bond acceptors (Lipinski definition) is 5. The number of benzene rings is 1. The highest BCUT2D eigenvalue weighted by atomic mass is 35.5. The summed E-state index contributed by atoms with van der Waals surface area (Å²) in [7, 11) is 1.63. The quantitative estimate of drug-likeness (QED) is 0.811.